The van der Waals surface area contributed by atoms with E-state index in [1.165, 1.54) is 26.0 Å². The van der Waals surface area contributed by atoms with Crippen LogP contribution in [0.25, 0.3) is 0 Å². The summed E-state index contributed by atoms with van der Waals surface area (Å²) in [6.07, 6.45) is -7.41. The fourth-order valence-electron chi connectivity index (χ4n) is 3.53. The number of carbonyl (C=O) groups excluding carboxylic acids is 2. The smallest absolute Gasteiger partial charge is 0.459 e. The predicted octanol–water partition coefficient (Wildman–Crippen LogP) is 1.78. The highest BCUT2D eigenvalue weighted by Crippen LogP contribution is 2.48. The molecule has 0 radical (unpaired) electrons. The third-order valence-electron chi connectivity index (χ3n) is 5.54. The summed E-state index contributed by atoms with van der Waals surface area (Å²) in [7, 11) is -4.57. The number of nitrogens with zero attached hydrogens (tertiary/aromatic N) is 2. The number of nitrogens with one attached hydrogen (secondary N) is 1. The zero-order valence-electron chi connectivity index (χ0n) is 22.5. The van der Waals surface area contributed by atoms with Crippen molar-refractivity contribution in [1.29, 1.82) is 0 Å². The molecule has 41 heavy (non-hydrogen) atoms. The van der Waals surface area contributed by atoms with Crippen LogP contribution in [0.15, 0.2) is 47.4 Å². The van der Waals surface area contributed by atoms with E-state index in [9.17, 15) is 32.8 Å². The minimum atomic E-state index is -4.57. The van der Waals surface area contributed by atoms with Gasteiger partial charge >= 0.3 is 31.3 Å². The second kappa shape index (κ2) is 13.0. The zero-order valence-corrected chi connectivity index (χ0v) is 23.4. The number of rotatable bonds is 12. The summed E-state index contributed by atoms with van der Waals surface area (Å²) in [5.41, 5.74) is 4.25. The van der Waals surface area contributed by atoms with Crippen molar-refractivity contribution >= 4 is 25.5 Å². The van der Waals surface area contributed by atoms with Gasteiger partial charge in [-0.2, -0.15) is 18.9 Å². The van der Waals surface area contributed by atoms with Crippen LogP contribution >= 0.6 is 7.75 Å². The number of nitrogens with two attached hydrogens (primary N) is 1. The van der Waals surface area contributed by atoms with Gasteiger partial charge in [0.1, 0.15) is 23.7 Å². The first-order valence-corrected chi connectivity index (χ1v) is 13.9. The number of nitrogen functional groups attached to an aromatic ring is 1. The third-order valence-corrected chi connectivity index (χ3v) is 7.19. The molecule has 0 saturated carbocycles. The first-order chi connectivity index (χ1) is 19.1. The summed E-state index contributed by atoms with van der Waals surface area (Å²) in [5.74, 6) is -6.02. The molecule has 226 valence electrons. The molecule has 0 spiro atoms. The van der Waals surface area contributed by atoms with Crippen LogP contribution in [0.4, 0.5) is 14.6 Å². The van der Waals surface area contributed by atoms with Crippen LogP contribution in [0.2, 0.25) is 0 Å². The molecule has 1 aliphatic heterocycles. The van der Waals surface area contributed by atoms with Crippen LogP contribution < -0.4 is 21.0 Å². The van der Waals surface area contributed by atoms with Gasteiger partial charge in [-0.25, -0.2) is 14.2 Å². The number of halogens is 2. The molecule has 1 unspecified atom stereocenters. The molecule has 2 heterocycles. The van der Waals surface area contributed by atoms with Crippen LogP contribution in [0, 0.1) is 0 Å². The summed E-state index contributed by atoms with van der Waals surface area (Å²) >= 11 is 0. The monoisotopic (exact) mass is 604 g/mol. The van der Waals surface area contributed by atoms with Gasteiger partial charge in [-0.3, -0.25) is 13.9 Å². The van der Waals surface area contributed by atoms with Crippen molar-refractivity contribution in [3.8, 4) is 5.75 Å². The highest BCUT2D eigenvalue weighted by molar-refractivity contribution is 7.52. The van der Waals surface area contributed by atoms with E-state index in [-0.39, 0.29) is 11.6 Å². The summed E-state index contributed by atoms with van der Waals surface area (Å²) < 4.78 is 69.9. The van der Waals surface area contributed by atoms with E-state index in [4.69, 9.17) is 29.0 Å². The molecule has 6 atom stereocenters. The minimum absolute atomic E-state index is 0.0216. The van der Waals surface area contributed by atoms with E-state index < -0.39 is 74.6 Å². The number of alkyl halides is 2. The maximum Gasteiger partial charge on any atom is 0.459 e. The Hall–Kier alpha value is -3.43. The van der Waals surface area contributed by atoms with Crippen molar-refractivity contribution in [2.45, 2.75) is 70.3 Å². The van der Waals surface area contributed by atoms with Crippen LogP contribution in [-0.2, 0) is 32.9 Å². The van der Waals surface area contributed by atoms with Crippen LogP contribution in [0.1, 0.15) is 33.9 Å². The second-order valence-electron chi connectivity index (χ2n) is 9.30. The summed E-state index contributed by atoms with van der Waals surface area (Å²) in [5, 5.41) is 12.6. The quantitative estimate of drug-likeness (QED) is 0.235. The minimum Gasteiger partial charge on any atom is -0.460 e. The number of aliphatic hydroxyl groups is 1. The molecule has 0 aliphatic carbocycles. The van der Waals surface area contributed by atoms with Gasteiger partial charge in [0.2, 0.25) is 6.23 Å². The Bertz CT molecular complexity index is 1330. The Morgan fingerprint density at radius 2 is 1.83 bits per heavy atom. The first-order valence-electron chi connectivity index (χ1n) is 12.4. The molecule has 3 rings (SSSR count). The summed E-state index contributed by atoms with van der Waals surface area (Å²) in [6.45, 7) is 4.81. The first kappa shape index (κ1) is 32.1. The van der Waals surface area contributed by atoms with Crippen molar-refractivity contribution < 1.29 is 51.3 Å². The Morgan fingerprint density at radius 1 is 1.17 bits per heavy atom. The van der Waals surface area contributed by atoms with E-state index in [0.29, 0.717) is 4.57 Å². The van der Waals surface area contributed by atoms with Crippen LogP contribution in [0.5, 0.6) is 5.75 Å². The lowest BCUT2D eigenvalue weighted by molar-refractivity contribution is -0.169. The van der Waals surface area contributed by atoms with Crippen LogP contribution in [-0.4, -0.2) is 69.6 Å². The number of aromatic nitrogens is 2. The highest BCUT2D eigenvalue weighted by atomic mass is 31.2. The number of esters is 2. The molecule has 4 N–H and O–H groups in total. The maximum absolute atomic E-state index is 14.9. The van der Waals surface area contributed by atoms with Crippen LogP contribution in [0.3, 0.4) is 0 Å². The van der Waals surface area contributed by atoms with Gasteiger partial charge < -0.3 is 29.6 Å². The van der Waals surface area contributed by atoms with Gasteiger partial charge in [-0.1, -0.05) is 18.2 Å². The lowest BCUT2D eigenvalue weighted by atomic mass is 10.1. The molecular formula is C24H31F2N4O10P. The van der Waals surface area contributed by atoms with Gasteiger partial charge in [-0.05, 0) is 45.9 Å². The molecule has 0 bridgehead atoms. The number of benzene rings is 1. The van der Waals surface area contributed by atoms with E-state index in [1.54, 1.807) is 32.0 Å². The SMILES string of the molecule is CC(C)OC(=O)[C@H](C)OC(=O)[C@H](C)NP(=O)(OC[C@H]1O[C@@H](n2ccc(N)nc2=O)C(F)(F)[C@@H]1O)Oc1ccccc1. The normalized spacial score (nSPS) is 22.9. The van der Waals surface area contributed by atoms with Gasteiger partial charge in [0, 0.05) is 6.20 Å². The maximum atomic E-state index is 14.9. The lowest BCUT2D eigenvalue weighted by Gasteiger charge is -2.25. The molecule has 1 saturated heterocycles. The predicted molar refractivity (Wildman–Crippen MR) is 138 cm³/mol. The summed E-state index contributed by atoms with van der Waals surface area (Å²) in [4.78, 5) is 40.0. The standard InChI is InChI=1S/C24H31F2N4O10P/c1-13(2)37-21(33)15(4)38-20(32)14(3)29-41(35,40-16-8-6-5-7-9-16)36-12-17-19(31)24(25,26)22(39-17)30-11-10-18(27)28-23(30)34/h5-11,13-15,17,19,22,31H,12H2,1-4H3,(H,29,35)(H2,27,28,34)/t14-,15-,17+,19+,22+,41?/m0/s1. The second-order valence-corrected chi connectivity index (χ2v) is 11.0. The third kappa shape index (κ3) is 8.07. The van der Waals surface area contributed by atoms with E-state index in [0.717, 1.165) is 12.3 Å². The highest BCUT2D eigenvalue weighted by Gasteiger charge is 2.60. The number of para-hydroxylation sites is 1. The van der Waals surface area contributed by atoms with Crippen molar-refractivity contribution in [3.63, 3.8) is 0 Å². The molecule has 1 aromatic heterocycles. The molecule has 1 fully saturated rings. The number of anilines is 1. The van der Waals surface area contributed by atoms with Gasteiger partial charge in [0.05, 0.1) is 12.7 Å². The Balaban J connectivity index is 1.76. The molecule has 17 heteroatoms. The number of hydrogen-bond donors (Lipinski definition) is 3. The molecular weight excluding hydrogens is 573 g/mol. The van der Waals surface area contributed by atoms with E-state index in [1.807, 2.05) is 0 Å². The van der Waals surface area contributed by atoms with E-state index >= 15 is 0 Å². The number of hydrogen-bond acceptors (Lipinski definition) is 12. The van der Waals surface area contributed by atoms with Crippen molar-refractivity contribution in [3.05, 3.63) is 53.1 Å². The van der Waals surface area contributed by atoms with Crippen molar-refractivity contribution in [2.75, 3.05) is 12.3 Å². The molecule has 1 aliphatic rings. The molecule has 0 amide bonds. The summed E-state index contributed by atoms with van der Waals surface area (Å²) in [6, 6.07) is 7.25. The number of carbonyl (C=O) groups is 2. The Labute approximate surface area is 233 Å². The van der Waals surface area contributed by atoms with Gasteiger partial charge in [0.25, 0.3) is 0 Å². The topological polar surface area (TPSA) is 191 Å². The van der Waals surface area contributed by atoms with Crippen molar-refractivity contribution in [2.24, 2.45) is 0 Å². The molecule has 14 nitrogen and oxygen atoms in total. The Morgan fingerprint density at radius 3 is 2.44 bits per heavy atom. The zero-order chi connectivity index (χ0) is 30.5. The van der Waals surface area contributed by atoms with E-state index in [2.05, 4.69) is 10.1 Å². The molecule has 2 aromatic rings. The molecule has 1 aromatic carbocycles. The number of ether oxygens (including phenoxy) is 3. The average Bonchev–Trinajstić information content (AvgIpc) is 3.11. The Kier molecular flexibility index (Phi) is 10.2. The van der Waals surface area contributed by atoms with Gasteiger partial charge in [-0.15, -0.1) is 0 Å². The number of aliphatic hydroxyl groups excluding tert-OH is 1. The fourth-order valence-corrected chi connectivity index (χ4v) is 5.04. The van der Waals surface area contributed by atoms with Crippen molar-refractivity contribution in [1.82, 2.24) is 14.6 Å². The lowest BCUT2D eigenvalue weighted by Crippen LogP contribution is -2.42. The fraction of sp³-hybridized carbons (Fsp3) is 0.500. The largest absolute Gasteiger partial charge is 0.460 e. The van der Waals surface area contributed by atoms with Gasteiger partial charge in [0.15, 0.2) is 12.2 Å². The average molecular weight is 605 g/mol.